The first-order valence-corrected chi connectivity index (χ1v) is 8.93. The second-order valence-electron chi connectivity index (χ2n) is 6.25. The number of hydrogen-bond acceptors (Lipinski definition) is 5. The predicted molar refractivity (Wildman–Crippen MR) is 106 cm³/mol. The maximum atomic E-state index is 13.8. The normalized spacial score (nSPS) is 11.1. The van der Waals surface area contributed by atoms with Crippen LogP contribution in [0.25, 0.3) is 28.0 Å². The SMILES string of the molecule is COCc1nn2c(-c3ccc(F)c([N+](=O)[O-])c3)ccnc2c1-c1cccc(Cl)c1. The van der Waals surface area contributed by atoms with E-state index in [0.29, 0.717) is 27.6 Å². The molecule has 4 rings (SSSR count). The van der Waals surface area contributed by atoms with Crippen molar-refractivity contribution in [3.8, 4) is 22.4 Å². The summed E-state index contributed by atoms with van der Waals surface area (Å²) >= 11 is 6.15. The minimum absolute atomic E-state index is 0.230. The van der Waals surface area contributed by atoms with Crippen LogP contribution in [0.3, 0.4) is 0 Å². The number of nitro benzene ring substituents is 1. The van der Waals surface area contributed by atoms with Crippen LogP contribution in [0.4, 0.5) is 10.1 Å². The molecular formula is C20H14ClFN4O3. The summed E-state index contributed by atoms with van der Waals surface area (Å²) in [6, 6.07) is 12.7. The summed E-state index contributed by atoms with van der Waals surface area (Å²) in [6.07, 6.45) is 1.58. The molecule has 2 aromatic carbocycles. The van der Waals surface area contributed by atoms with Crippen LogP contribution in [0.2, 0.25) is 5.02 Å². The number of rotatable bonds is 5. The smallest absolute Gasteiger partial charge is 0.305 e. The Balaban J connectivity index is 1.98. The molecule has 0 N–H and O–H groups in total. The van der Waals surface area contributed by atoms with Crippen molar-refractivity contribution in [1.82, 2.24) is 14.6 Å². The first-order valence-electron chi connectivity index (χ1n) is 8.55. The average Bonchev–Trinajstić information content (AvgIpc) is 3.06. The van der Waals surface area contributed by atoms with Crippen molar-refractivity contribution in [3.05, 3.63) is 81.4 Å². The van der Waals surface area contributed by atoms with E-state index in [2.05, 4.69) is 10.1 Å². The van der Waals surface area contributed by atoms with Gasteiger partial charge in [-0.15, -0.1) is 0 Å². The molecule has 146 valence electrons. The monoisotopic (exact) mass is 412 g/mol. The fourth-order valence-electron chi connectivity index (χ4n) is 3.20. The predicted octanol–water partition coefficient (Wildman–Crippen LogP) is 4.91. The van der Waals surface area contributed by atoms with Crippen LogP contribution in [0.15, 0.2) is 54.7 Å². The van der Waals surface area contributed by atoms with Gasteiger partial charge in [-0.1, -0.05) is 23.7 Å². The van der Waals surface area contributed by atoms with Gasteiger partial charge >= 0.3 is 5.69 Å². The number of hydrogen-bond donors (Lipinski definition) is 0. The lowest BCUT2D eigenvalue weighted by molar-refractivity contribution is -0.387. The Morgan fingerprint density at radius 2 is 2.03 bits per heavy atom. The molecule has 0 aliphatic carbocycles. The summed E-state index contributed by atoms with van der Waals surface area (Å²) in [6.45, 7) is 0.230. The van der Waals surface area contributed by atoms with E-state index in [1.165, 1.54) is 12.1 Å². The Morgan fingerprint density at radius 1 is 1.21 bits per heavy atom. The molecule has 0 saturated heterocycles. The Hall–Kier alpha value is -3.36. The van der Waals surface area contributed by atoms with Crippen LogP contribution in [0.1, 0.15) is 5.69 Å². The van der Waals surface area contributed by atoms with Gasteiger partial charge < -0.3 is 4.74 Å². The van der Waals surface area contributed by atoms with E-state index in [0.717, 1.165) is 17.2 Å². The van der Waals surface area contributed by atoms with E-state index in [1.54, 1.807) is 36.0 Å². The molecule has 0 unspecified atom stereocenters. The van der Waals surface area contributed by atoms with Gasteiger partial charge in [0.15, 0.2) is 5.65 Å². The van der Waals surface area contributed by atoms with Gasteiger partial charge in [-0.25, -0.2) is 9.50 Å². The lowest BCUT2D eigenvalue weighted by Crippen LogP contribution is -1.98. The zero-order valence-corrected chi connectivity index (χ0v) is 15.9. The van der Waals surface area contributed by atoms with Crippen LogP contribution >= 0.6 is 11.6 Å². The third-order valence-electron chi connectivity index (χ3n) is 4.42. The number of ether oxygens (including phenoxy) is 1. The molecule has 0 atom stereocenters. The Bertz CT molecular complexity index is 1240. The fraction of sp³-hybridized carbons (Fsp3) is 0.100. The van der Waals surface area contributed by atoms with Crippen molar-refractivity contribution in [3.63, 3.8) is 0 Å². The molecule has 2 heterocycles. The van der Waals surface area contributed by atoms with Crippen LogP contribution < -0.4 is 0 Å². The van der Waals surface area contributed by atoms with Crippen LogP contribution in [-0.2, 0) is 11.3 Å². The summed E-state index contributed by atoms with van der Waals surface area (Å²) in [5, 5.41) is 16.3. The fourth-order valence-corrected chi connectivity index (χ4v) is 3.39. The molecule has 0 saturated carbocycles. The van der Waals surface area contributed by atoms with Gasteiger partial charge in [0.2, 0.25) is 5.82 Å². The largest absolute Gasteiger partial charge is 0.378 e. The van der Waals surface area contributed by atoms with E-state index in [9.17, 15) is 14.5 Å². The van der Waals surface area contributed by atoms with Gasteiger partial charge in [0.25, 0.3) is 0 Å². The second-order valence-corrected chi connectivity index (χ2v) is 6.69. The lowest BCUT2D eigenvalue weighted by atomic mass is 10.1. The third-order valence-corrected chi connectivity index (χ3v) is 4.66. The second kappa shape index (κ2) is 7.57. The lowest BCUT2D eigenvalue weighted by Gasteiger charge is -2.06. The minimum Gasteiger partial charge on any atom is -0.378 e. The summed E-state index contributed by atoms with van der Waals surface area (Å²) in [7, 11) is 1.56. The number of aromatic nitrogens is 3. The van der Waals surface area contributed by atoms with Gasteiger partial charge in [-0.05, 0) is 35.9 Å². The van der Waals surface area contributed by atoms with E-state index < -0.39 is 16.4 Å². The molecule has 0 amide bonds. The van der Waals surface area contributed by atoms with E-state index in [-0.39, 0.29) is 6.61 Å². The van der Waals surface area contributed by atoms with Crippen molar-refractivity contribution < 1.29 is 14.1 Å². The van der Waals surface area contributed by atoms with Crippen LogP contribution in [0, 0.1) is 15.9 Å². The highest BCUT2D eigenvalue weighted by Crippen LogP contribution is 2.33. The zero-order chi connectivity index (χ0) is 20.5. The molecule has 0 spiro atoms. The third kappa shape index (κ3) is 3.43. The standard InChI is InChI=1S/C20H14ClFN4O3/c1-29-11-16-19(13-3-2-4-14(21)9-13)20-23-8-7-17(25(20)24-16)12-5-6-15(22)18(10-12)26(27)28/h2-10H,11H2,1H3. The Kier molecular flexibility index (Phi) is 4.96. The van der Waals surface area contributed by atoms with Gasteiger partial charge in [-0.2, -0.15) is 9.49 Å². The Labute approximate surface area is 169 Å². The highest BCUT2D eigenvalue weighted by atomic mass is 35.5. The average molecular weight is 413 g/mol. The number of nitrogens with zero attached hydrogens (tertiary/aromatic N) is 4. The first-order chi connectivity index (χ1) is 14.0. The molecule has 7 nitrogen and oxygen atoms in total. The Morgan fingerprint density at radius 3 is 2.76 bits per heavy atom. The van der Waals surface area contributed by atoms with Crippen molar-refractivity contribution >= 4 is 22.9 Å². The molecule has 0 bridgehead atoms. The summed E-state index contributed by atoms with van der Waals surface area (Å²) < 4.78 is 20.6. The summed E-state index contributed by atoms with van der Waals surface area (Å²) in [4.78, 5) is 14.8. The molecule has 0 fully saturated rings. The molecule has 0 aliphatic rings. The van der Waals surface area contributed by atoms with Crippen molar-refractivity contribution in [2.75, 3.05) is 7.11 Å². The highest BCUT2D eigenvalue weighted by molar-refractivity contribution is 6.30. The molecule has 9 heteroatoms. The van der Waals surface area contributed by atoms with E-state index in [1.807, 2.05) is 12.1 Å². The number of nitro groups is 1. The van der Waals surface area contributed by atoms with Gasteiger partial charge in [0, 0.05) is 30.0 Å². The molecule has 29 heavy (non-hydrogen) atoms. The van der Waals surface area contributed by atoms with Crippen LogP contribution in [0.5, 0.6) is 0 Å². The number of benzene rings is 2. The van der Waals surface area contributed by atoms with Crippen molar-refractivity contribution in [2.45, 2.75) is 6.61 Å². The van der Waals surface area contributed by atoms with Gasteiger partial charge in [0.05, 0.1) is 28.5 Å². The number of halogens is 2. The molecule has 2 aromatic heterocycles. The quantitative estimate of drug-likeness (QED) is 0.343. The number of methoxy groups -OCH3 is 1. The zero-order valence-electron chi connectivity index (χ0n) is 15.2. The molecular weight excluding hydrogens is 399 g/mol. The van der Waals surface area contributed by atoms with E-state index in [4.69, 9.17) is 16.3 Å². The van der Waals surface area contributed by atoms with Gasteiger partial charge in [-0.3, -0.25) is 10.1 Å². The van der Waals surface area contributed by atoms with Crippen molar-refractivity contribution in [1.29, 1.82) is 0 Å². The van der Waals surface area contributed by atoms with Crippen LogP contribution in [-0.4, -0.2) is 26.6 Å². The minimum atomic E-state index is -0.899. The molecule has 4 aromatic rings. The topological polar surface area (TPSA) is 82.6 Å². The first kappa shape index (κ1) is 19.0. The maximum Gasteiger partial charge on any atom is 0.305 e. The highest BCUT2D eigenvalue weighted by Gasteiger charge is 2.20. The number of fused-ring (bicyclic) bond motifs is 1. The van der Waals surface area contributed by atoms with E-state index >= 15 is 0 Å². The van der Waals surface area contributed by atoms with Gasteiger partial charge in [0.1, 0.15) is 0 Å². The summed E-state index contributed by atoms with van der Waals surface area (Å²) in [5.41, 5.74) is 3.09. The maximum absolute atomic E-state index is 13.8. The molecule has 0 radical (unpaired) electrons. The summed E-state index contributed by atoms with van der Waals surface area (Å²) in [5.74, 6) is -0.899. The van der Waals surface area contributed by atoms with Crippen molar-refractivity contribution in [2.24, 2.45) is 0 Å². The molecule has 0 aliphatic heterocycles.